The number of carboxylic acid groups (broad SMARTS) is 1. The maximum absolute atomic E-state index is 11.0. The molecule has 0 fully saturated rings. The van der Waals surface area contributed by atoms with Crippen molar-refractivity contribution in [3.05, 3.63) is 0 Å². The molecule has 0 aliphatic rings. The van der Waals surface area contributed by atoms with Gasteiger partial charge in [-0.1, -0.05) is 0 Å². The Labute approximate surface area is 110 Å². The van der Waals surface area contributed by atoms with Gasteiger partial charge in [0.1, 0.15) is 12.6 Å². The fraction of sp³-hybridized carbons (Fsp3) is 0.636. The molecule has 0 aliphatic heterocycles. The number of hydrogen-bond acceptors (Lipinski definition) is 5. The highest BCUT2D eigenvalue weighted by Crippen LogP contribution is 2.01. The van der Waals surface area contributed by atoms with Crippen LogP contribution in [0.2, 0.25) is 0 Å². The average molecular weight is 274 g/mol. The van der Waals surface area contributed by atoms with Crippen LogP contribution in [0.15, 0.2) is 0 Å². The summed E-state index contributed by atoms with van der Waals surface area (Å²) in [6.45, 7) is 0.600. The van der Waals surface area contributed by atoms with E-state index >= 15 is 0 Å². The van der Waals surface area contributed by atoms with Crippen molar-refractivity contribution in [2.75, 3.05) is 13.2 Å². The molecular weight excluding hydrogens is 256 g/mol. The van der Waals surface area contributed by atoms with Crippen molar-refractivity contribution in [3.8, 4) is 0 Å². The molecule has 8 nitrogen and oxygen atoms in total. The van der Waals surface area contributed by atoms with E-state index in [0.717, 1.165) is 0 Å². The summed E-state index contributed by atoms with van der Waals surface area (Å²) < 4.78 is 0. The van der Waals surface area contributed by atoms with E-state index in [1.54, 1.807) is 0 Å². The number of carbonyl (C=O) groups is 4. The quantitative estimate of drug-likeness (QED) is 0.296. The normalized spacial score (nSPS) is 11.5. The summed E-state index contributed by atoms with van der Waals surface area (Å²) >= 11 is 0. The summed E-state index contributed by atoms with van der Waals surface area (Å²) in [6, 6.07) is -0.952. The Morgan fingerprint density at radius 1 is 1.16 bits per heavy atom. The van der Waals surface area contributed by atoms with E-state index in [0.29, 0.717) is 12.8 Å². The van der Waals surface area contributed by atoms with Gasteiger partial charge in [0.25, 0.3) is 5.91 Å². The second kappa shape index (κ2) is 9.03. The highest BCUT2D eigenvalue weighted by atomic mass is 16.4. The fourth-order valence-corrected chi connectivity index (χ4v) is 1.35. The predicted molar refractivity (Wildman–Crippen MR) is 64.2 cm³/mol. The van der Waals surface area contributed by atoms with Crippen LogP contribution in [0.25, 0.3) is 0 Å². The number of hydrogen-bond donors (Lipinski definition) is 4. The summed E-state index contributed by atoms with van der Waals surface area (Å²) in [5.74, 6) is -3.32. The smallest absolute Gasteiger partial charge is 0.326 e. The van der Waals surface area contributed by atoms with Crippen LogP contribution < -0.4 is 10.6 Å². The first-order valence-corrected chi connectivity index (χ1v) is 5.80. The van der Waals surface area contributed by atoms with Gasteiger partial charge >= 0.3 is 5.97 Å². The van der Waals surface area contributed by atoms with Crippen molar-refractivity contribution >= 4 is 23.6 Å². The monoisotopic (exact) mass is 274 g/mol. The van der Waals surface area contributed by atoms with Gasteiger partial charge in [0.2, 0.25) is 11.7 Å². The molecule has 0 radical (unpaired) electrons. The number of carboxylic acids is 1. The van der Waals surface area contributed by atoms with Crippen LogP contribution >= 0.6 is 0 Å². The van der Waals surface area contributed by atoms with E-state index in [4.69, 9.17) is 10.2 Å². The average Bonchev–Trinajstić information content (AvgIpc) is 2.34. The fourth-order valence-electron chi connectivity index (χ4n) is 1.35. The van der Waals surface area contributed by atoms with Crippen LogP contribution in [0.5, 0.6) is 0 Å². The first-order valence-electron chi connectivity index (χ1n) is 5.80. The molecule has 8 heteroatoms. The molecule has 0 aromatic rings. The van der Waals surface area contributed by atoms with E-state index in [1.165, 1.54) is 6.92 Å². The van der Waals surface area contributed by atoms with E-state index in [9.17, 15) is 19.2 Å². The summed E-state index contributed by atoms with van der Waals surface area (Å²) in [5, 5.41) is 21.8. The first kappa shape index (κ1) is 17.0. The largest absolute Gasteiger partial charge is 0.480 e. The molecule has 0 rings (SSSR count). The Morgan fingerprint density at radius 3 is 2.26 bits per heavy atom. The van der Waals surface area contributed by atoms with Crippen LogP contribution in [-0.2, 0) is 19.2 Å². The van der Waals surface area contributed by atoms with Crippen molar-refractivity contribution in [2.45, 2.75) is 32.2 Å². The van der Waals surface area contributed by atoms with E-state index < -0.39 is 36.2 Å². The molecule has 0 heterocycles. The number of amides is 2. The minimum Gasteiger partial charge on any atom is -0.480 e. The zero-order chi connectivity index (χ0) is 14.8. The number of rotatable bonds is 9. The van der Waals surface area contributed by atoms with Gasteiger partial charge in [0.15, 0.2) is 0 Å². The third-order valence-electron chi connectivity index (χ3n) is 2.28. The van der Waals surface area contributed by atoms with Gasteiger partial charge < -0.3 is 20.8 Å². The Kier molecular flexibility index (Phi) is 8.10. The molecule has 0 aliphatic carbocycles. The van der Waals surface area contributed by atoms with Gasteiger partial charge in [-0.3, -0.25) is 14.4 Å². The van der Waals surface area contributed by atoms with E-state index in [-0.39, 0.29) is 13.0 Å². The van der Waals surface area contributed by atoms with E-state index in [1.807, 2.05) is 0 Å². The molecule has 2 amide bonds. The number of aliphatic hydroxyl groups excluding tert-OH is 1. The molecule has 1 atom stereocenters. The van der Waals surface area contributed by atoms with Gasteiger partial charge in [-0.05, 0) is 19.3 Å². The Hall–Kier alpha value is -1.96. The van der Waals surface area contributed by atoms with Gasteiger partial charge in [-0.15, -0.1) is 0 Å². The number of carbonyl (C=O) groups excluding carboxylic acids is 3. The lowest BCUT2D eigenvalue weighted by Crippen LogP contribution is -2.39. The maximum atomic E-state index is 11.0. The molecule has 0 unspecified atom stereocenters. The topological polar surface area (TPSA) is 133 Å². The number of ketones is 1. The lowest BCUT2D eigenvalue weighted by molar-refractivity contribution is -0.141. The Morgan fingerprint density at radius 2 is 1.79 bits per heavy atom. The Balaban J connectivity index is 3.83. The summed E-state index contributed by atoms with van der Waals surface area (Å²) in [7, 11) is 0. The molecule has 4 N–H and O–H groups in total. The molecule has 108 valence electrons. The van der Waals surface area contributed by atoms with Gasteiger partial charge in [0, 0.05) is 13.5 Å². The number of aliphatic carboxylic acids is 1. The highest BCUT2D eigenvalue weighted by molar-refractivity contribution is 6.36. The van der Waals surface area contributed by atoms with Crippen molar-refractivity contribution in [3.63, 3.8) is 0 Å². The second-order valence-electron chi connectivity index (χ2n) is 3.92. The van der Waals surface area contributed by atoms with Crippen molar-refractivity contribution in [1.29, 1.82) is 0 Å². The summed E-state index contributed by atoms with van der Waals surface area (Å²) in [6.07, 6.45) is 1.16. The van der Waals surface area contributed by atoms with Crippen molar-refractivity contribution in [1.82, 2.24) is 10.6 Å². The first-order chi connectivity index (χ1) is 8.88. The van der Waals surface area contributed by atoms with Gasteiger partial charge in [-0.2, -0.15) is 0 Å². The lowest BCUT2D eigenvalue weighted by Gasteiger charge is -2.12. The van der Waals surface area contributed by atoms with Crippen LogP contribution in [0.4, 0.5) is 0 Å². The van der Waals surface area contributed by atoms with Crippen LogP contribution in [-0.4, -0.2) is 53.0 Å². The molecule has 0 spiro atoms. The minimum absolute atomic E-state index is 0.205. The summed E-state index contributed by atoms with van der Waals surface area (Å²) in [5.41, 5.74) is 0. The van der Waals surface area contributed by atoms with Crippen LogP contribution in [0.3, 0.4) is 0 Å². The van der Waals surface area contributed by atoms with E-state index in [2.05, 4.69) is 10.6 Å². The molecule has 0 saturated carbocycles. The highest BCUT2D eigenvalue weighted by Gasteiger charge is 2.17. The van der Waals surface area contributed by atoms with Gasteiger partial charge in [0.05, 0.1) is 0 Å². The van der Waals surface area contributed by atoms with Gasteiger partial charge in [-0.25, -0.2) is 4.79 Å². The van der Waals surface area contributed by atoms with Crippen molar-refractivity contribution < 1.29 is 29.4 Å². The zero-order valence-corrected chi connectivity index (χ0v) is 10.6. The molecule has 0 aromatic heterocycles. The number of Topliss-reactive ketones (excluding diaryl/α,β-unsaturated/α-hetero) is 1. The molecule has 0 aromatic carbocycles. The minimum atomic E-state index is -1.12. The lowest BCUT2D eigenvalue weighted by atomic mass is 10.1. The standard InChI is InChI=1S/C11H18N2O6/c1-7(15)13-8(11(18)19)4-2-3-5-12-10(17)9(16)6-14/h8,14H,2-6H2,1H3,(H,12,17)(H,13,15)(H,18,19)/t8-/m0/s1. The number of unbranched alkanes of at least 4 members (excludes halogenated alkanes) is 1. The summed E-state index contributed by atoms with van der Waals surface area (Å²) in [4.78, 5) is 43.2. The third-order valence-corrected chi connectivity index (χ3v) is 2.28. The maximum Gasteiger partial charge on any atom is 0.326 e. The SMILES string of the molecule is CC(=O)N[C@@H](CCCCNC(=O)C(=O)CO)C(=O)O. The predicted octanol–water partition coefficient (Wildman–Crippen LogP) is -1.58. The zero-order valence-electron chi connectivity index (χ0n) is 10.6. The number of aliphatic hydroxyl groups is 1. The second-order valence-corrected chi connectivity index (χ2v) is 3.92. The molecule has 0 bridgehead atoms. The third kappa shape index (κ3) is 7.87. The molecule has 0 saturated heterocycles. The van der Waals surface area contributed by atoms with Crippen molar-refractivity contribution in [2.24, 2.45) is 0 Å². The Bertz CT molecular complexity index is 355. The molecular formula is C11H18N2O6. The number of nitrogens with one attached hydrogen (secondary N) is 2. The van der Waals surface area contributed by atoms with Crippen LogP contribution in [0.1, 0.15) is 26.2 Å². The molecule has 19 heavy (non-hydrogen) atoms. The van der Waals surface area contributed by atoms with Crippen LogP contribution in [0, 0.1) is 0 Å².